The average molecular weight is 412 g/mol. The Morgan fingerprint density at radius 3 is 2.80 bits per heavy atom. The lowest BCUT2D eigenvalue weighted by Gasteiger charge is -2.34. The molecular formula is C24H33N3O3. The monoisotopic (exact) mass is 411 g/mol. The molecule has 0 aliphatic carbocycles. The summed E-state index contributed by atoms with van der Waals surface area (Å²) in [5.41, 5.74) is 1.99. The molecule has 30 heavy (non-hydrogen) atoms. The van der Waals surface area contributed by atoms with E-state index in [1.165, 1.54) is 12.0 Å². The first-order chi connectivity index (χ1) is 14.6. The number of urea groups is 1. The normalized spacial score (nSPS) is 16.7. The molecule has 1 saturated heterocycles. The number of para-hydroxylation sites is 1. The molecule has 2 amide bonds. The minimum Gasteiger partial charge on any atom is -0.497 e. The molecule has 162 valence electrons. The Morgan fingerprint density at radius 1 is 1.17 bits per heavy atom. The fourth-order valence-corrected chi connectivity index (χ4v) is 4.08. The average Bonchev–Trinajstić information content (AvgIpc) is 2.78. The van der Waals surface area contributed by atoms with E-state index in [0.717, 1.165) is 56.2 Å². The van der Waals surface area contributed by atoms with Crippen LogP contribution in [0.3, 0.4) is 0 Å². The molecule has 0 unspecified atom stereocenters. The number of benzene rings is 2. The van der Waals surface area contributed by atoms with E-state index in [4.69, 9.17) is 9.47 Å². The van der Waals surface area contributed by atoms with Crippen LogP contribution < -0.4 is 14.8 Å². The number of carbonyl (C=O) groups excluding carboxylic acids is 1. The van der Waals surface area contributed by atoms with Crippen molar-refractivity contribution in [2.45, 2.75) is 19.3 Å². The van der Waals surface area contributed by atoms with Crippen molar-refractivity contribution in [2.24, 2.45) is 5.92 Å². The van der Waals surface area contributed by atoms with Crippen molar-refractivity contribution in [1.29, 1.82) is 0 Å². The summed E-state index contributed by atoms with van der Waals surface area (Å²) in [5, 5.41) is 2.96. The number of likely N-dealkylation sites (tertiary alicyclic amines) is 1. The molecule has 1 N–H and O–H groups in total. The summed E-state index contributed by atoms with van der Waals surface area (Å²) in [4.78, 5) is 16.9. The first-order valence-electron chi connectivity index (χ1n) is 10.6. The molecule has 1 fully saturated rings. The van der Waals surface area contributed by atoms with Crippen molar-refractivity contribution in [1.82, 2.24) is 9.80 Å². The quantitative estimate of drug-likeness (QED) is 0.710. The van der Waals surface area contributed by atoms with Gasteiger partial charge in [0, 0.05) is 38.4 Å². The van der Waals surface area contributed by atoms with Gasteiger partial charge in [0.15, 0.2) is 0 Å². The summed E-state index contributed by atoms with van der Waals surface area (Å²) < 4.78 is 10.7. The first kappa shape index (κ1) is 22.0. The van der Waals surface area contributed by atoms with Crippen LogP contribution in [0.5, 0.6) is 11.5 Å². The zero-order valence-electron chi connectivity index (χ0n) is 18.3. The number of rotatable bonds is 8. The molecule has 1 atom stereocenters. The van der Waals surface area contributed by atoms with Gasteiger partial charge in [-0.05, 0) is 55.5 Å². The molecule has 1 aliphatic rings. The fraction of sp³-hybridized carbons (Fsp3) is 0.458. The third kappa shape index (κ3) is 6.13. The van der Waals surface area contributed by atoms with Crippen molar-refractivity contribution in [3.8, 4) is 11.5 Å². The van der Waals surface area contributed by atoms with Crippen LogP contribution >= 0.6 is 0 Å². The summed E-state index contributed by atoms with van der Waals surface area (Å²) in [6.07, 6.45) is 3.30. The summed E-state index contributed by atoms with van der Waals surface area (Å²) in [5.74, 6) is 2.17. The second kappa shape index (κ2) is 10.9. The molecule has 0 spiro atoms. The maximum Gasteiger partial charge on any atom is 0.321 e. The van der Waals surface area contributed by atoms with Gasteiger partial charge in [0.05, 0.1) is 14.2 Å². The molecule has 3 rings (SSSR count). The molecule has 0 aromatic heterocycles. The van der Waals surface area contributed by atoms with E-state index in [9.17, 15) is 4.79 Å². The molecule has 1 heterocycles. The van der Waals surface area contributed by atoms with Gasteiger partial charge in [-0.3, -0.25) is 0 Å². The summed E-state index contributed by atoms with van der Waals surface area (Å²) in [7, 11) is 5.21. The molecule has 6 nitrogen and oxygen atoms in total. The predicted molar refractivity (Wildman–Crippen MR) is 121 cm³/mol. The minimum atomic E-state index is -0.0885. The van der Waals surface area contributed by atoms with Gasteiger partial charge in [0.2, 0.25) is 0 Å². The van der Waals surface area contributed by atoms with Crippen LogP contribution in [0.2, 0.25) is 0 Å². The van der Waals surface area contributed by atoms with E-state index in [-0.39, 0.29) is 6.03 Å². The number of hydrogen-bond acceptors (Lipinski definition) is 4. The van der Waals surface area contributed by atoms with E-state index in [0.29, 0.717) is 5.92 Å². The van der Waals surface area contributed by atoms with Crippen LogP contribution in [0.15, 0.2) is 48.5 Å². The van der Waals surface area contributed by atoms with Gasteiger partial charge in [0.1, 0.15) is 11.5 Å². The summed E-state index contributed by atoms with van der Waals surface area (Å²) >= 11 is 0. The number of anilines is 1. The Labute approximate surface area is 179 Å². The molecule has 6 heteroatoms. The Kier molecular flexibility index (Phi) is 7.97. The molecule has 1 aliphatic heterocycles. The zero-order valence-corrected chi connectivity index (χ0v) is 18.3. The third-order valence-electron chi connectivity index (χ3n) is 5.69. The van der Waals surface area contributed by atoms with Gasteiger partial charge in [-0.1, -0.05) is 24.3 Å². The maximum atomic E-state index is 12.6. The van der Waals surface area contributed by atoms with E-state index in [1.807, 2.05) is 43.4 Å². The Bertz CT molecular complexity index is 827. The van der Waals surface area contributed by atoms with E-state index in [1.54, 1.807) is 19.1 Å². The lowest BCUT2D eigenvalue weighted by Crippen LogP contribution is -2.43. The Morgan fingerprint density at radius 2 is 2.00 bits per heavy atom. The SMILES string of the molecule is COc1cccc(NC(=O)N(C)C[C@H]2CCCN(CCc3ccccc3OC)C2)c1. The van der Waals surface area contributed by atoms with E-state index >= 15 is 0 Å². The van der Waals surface area contributed by atoms with Gasteiger partial charge in [-0.2, -0.15) is 0 Å². The number of piperidine rings is 1. The molecule has 2 aromatic carbocycles. The first-order valence-corrected chi connectivity index (χ1v) is 10.6. The number of hydrogen-bond donors (Lipinski definition) is 1. The van der Waals surface area contributed by atoms with Gasteiger partial charge < -0.3 is 24.6 Å². The number of carbonyl (C=O) groups is 1. The predicted octanol–water partition coefficient (Wildman–Crippen LogP) is 4.12. The molecule has 2 aromatic rings. The van der Waals surface area contributed by atoms with Crippen LogP contribution in [0, 0.1) is 5.92 Å². The molecule has 0 bridgehead atoms. The van der Waals surface area contributed by atoms with E-state index < -0.39 is 0 Å². The zero-order chi connectivity index (χ0) is 21.3. The second-order valence-corrected chi connectivity index (χ2v) is 7.91. The van der Waals surface area contributed by atoms with Crippen LogP contribution in [-0.2, 0) is 6.42 Å². The lowest BCUT2D eigenvalue weighted by atomic mass is 9.97. The number of nitrogens with zero attached hydrogens (tertiary/aromatic N) is 2. The molecular weight excluding hydrogens is 378 g/mol. The highest BCUT2D eigenvalue weighted by Crippen LogP contribution is 2.22. The standard InChI is InChI=1S/C24H33N3O3/c1-26(24(28)25-21-10-6-11-22(16-21)29-2)17-19-8-7-14-27(18-19)15-13-20-9-4-5-12-23(20)30-3/h4-6,9-12,16,19H,7-8,13-15,17-18H2,1-3H3,(H,25,28)/t19-/m1/s1. The largest absolute Gasteiger partial charge is 0.497 e. The highest BCUT2D eigenvalue weighted by molar-refractivity contribution is 5.89. The van der Waals surface area contributed by atoms with Crippen molar-refractivity contribution in [3.63, 3.8) is 0 Å². The van der Waals surface area contributed by atoms with Crippen molar-refractivity contribution in [3.05, 3.63) is 54.1 Å². The number of methoxy groups -OCH3 is 2. The third-order valence-corrected chi connectivity index (χ3v) is 5.69. The molecule has 0 saturated carbocycles. The number of amides is 2. The lowest BCUT2D eigenvalue weighted by molar-refractivity contribution is 0.150. The van der Waals surface area contributed by atoms with Crippen LogP contribution in [-0.4, -0.2) is 63.3 Å². The second-order valence-electron chi connectivity index (χ2n) is 7.91. The van der Waals surface area contributed by atoms with Crippen LogP contribution in [0.25, 0.3) is 0 Å². The van der Waals surface area contributed by atoms with Gasteiger partial charge in [-0.15, -0.1) is 0 Å². The highest BCUT2D eigenvalue weighted by Gasteiger charge is 2.23. The van der Waals surface area contributed by atoms with E-state index in [2.05, 4.69) is 22.3 Å². The van der Waals surface area contributed by atoms with Gasteiger partial charge in [-0.25, -0.2) is 4.79 Å². The number of nitrogens with one attached hydrogen (secondary N) is 1. The summed E-state index contributed by atoms with van der Waals surface area (Å²) in [6.45, 7) is 3.90. The highest BCUT2D eigenvalue weighted by atomic mass is 16.5. The fourth-order valence-electron chi connectivity index (χ4n) is 4.08. The smallest absolute Gasteiger partial charge is 0.321 e. The minimum absolute atomic E-state index is 0.0885. The Balaban J connectivity index is 1.48. The van der Waals surface area contributed by atoms with Crippen molar-refractivity contribution < 1.29 is 14.3 Å². The topological polar surface area (TPSA) is 54.0 Å². The van der Waals surface area contributed by atoms with Gasteiger partial charge >= 0.3 is 6.03 Å². The number of ether oxygens (including phenoxy) is 2. The van der Waals surface area contributed by atoms with Crippen LogP contribution in [0.4, 0.5) is 10.5 Å². The van der Waals surface area contributed by atoms with Gasteiger partial charge in [0.25, 0.3) is 0 Å². The Hall–Kier alpha value is -2.73. The van der Waals surface area contributed by atoms with Crippen molar-refractivity contribution >= 4 is 11.7 Å². The summed E-state index contributed by atoms with van der Waals surface area (Å²) in [6, 6.07) is 15.6. The molecule has 0 radical (unpaired) electrons. The van der Waals surface area contributed by atoms with Crippen LogP contribution in [0.1, 0.15) is 18.4 Å². The maximum absolute atomic E-state index is 12.6. The van der Waals surface area contributed by atoms with Crippen molar-refractivity contribution in [2.75, 3.05) is 52.8 Å².